The first-order valence-corrected chi connectivity index (χ1v) is 7.75. The molecule has 0 atom stereocenters. The Hall–Kier alpha value is -3.40. The normalized spacial score (nSPS) is 10.5. The van der Waals surface area contributed by atoms with Gasteiger partial charge in [0.05, 0.1) is 5.52 Å². The summed E-state index contributed by atoms with van der Waals surface area (Å²) in [5.41, 5.74) is 3.51. The Balaban J connectivity index is 0.000000138. The Morgan fingerprint density at radius 3 is 2.38 bits per heavy atom. The highest BCUT2D eigenvalue weighted by Gasteiger charge is 2.00. The van der Waals surface area contributed by atoms with Crippen LogP contribution in [0.1, 0.15) is 0 Å². The van der Waals surface area contributed by atoms with E-state index in [-0.39, 0.29) is 0 Å². The fraction of sp³-hybridized carbons (Fsp3) is 0. The van der Waals surface area contributed by atoms with Crippen LogP contribution in [0.3, 0.4) is 0 Å². The number of para-hydroxylation sites is 1. The minimum Gasteiger partial charge on any atom is -0.361 e. The molecule has 1 aromatic carbocycles. The number of nitrogens with zero attached hydrogens (tertiary/aromatic N) is 3. The van der Waals surface area contributed by atoms with Crippen LogP contribution in [0.2, 0.25) is 0 Å². The highest BCUT2D eigenvalue weighted by molar-refractivity contribution is 5.80. The van der Waals surface area contributed by atoms with Crippen LogP contribution in [0.5, 0.6) is 0 Å². The molecule has 0 unspecified atom stereocenters. The van der Waals surface area contributed by atoms with Crippen molar-refractivity contribution in [3.63, 3.8) is 0 Å². The fourth-order valence-electron chi connectivity index (χ4n) is 2.69. The van der Waals surface area contributed by atoms with Crippen LogP contribution in [0, 0.1) is 0 Å². The molecule has 0 amide bonds. The van der Waals surface area contributed by atoms with Crippen molar-refractivity contribution in [1.29, 1.82) is 0 Å². The highest BCUT2D eigenvalue weighted by atomic mass is 15.0. The zero-order chi connectivity index (χ0) is 16.2. The number of nitrogens with one attached hydrogen (secondary N) is 1. The molecule has 0 fully saturated rings. The molecule has 4 aromatic heterocycles. The number of aromatic amines is 1. The standard InChI is InChI=1S/C13H10N2.C7H6N2/c1-2-4-12(5-3-1)15-9-7-11-10-14-8-6-13(11)15;1-4-9-7-2-3-8-5-6(1)7/h1-10H;1-5,9H. The van der Waals surface area contributed by atoms with Crippen LogP contribution >= 0.6 is 0 Å². The van der Waals surface area contributed by atoms with Crippen LogP contribution in [-0.2, 0) is 0 Å². The van der Waals surface area contributed by atoms with E-state index in [4.69, 9.17) is 0 Å². The SMILES string of the molecule is c1cc2[nH]ccc2cn1.c1ccc(-n2ccc3cnccc32)cc1. The van der Waals surface area contributed by atoms with E-state index in [1.165, 1.54) is 16.6 Å². The quantitative estimate of drug-likeness (QED) is 0.492. The molecule has 0 saturated carbocycles. The lowest BCUT2D eigenvalue weighted by atomic mass is 10.3. The zero-order valence-corrected chi connectivity index (χ0v) is 13.0. The minimum absolute atomic E-state index is 1.14. The lowest BCUT2D eigenvalue weighted by Gasteiger charge is -2.03. The summed E-state index contributed by atoms with van der Waals surface area (Å²) in [6.45, 7) is 0. The van der Waals surface area contributed by atoms with Gasteiger partial charge in [-0.1, -0.05) is 18.2 Å². The third-order valence-electron chi connectivity index (χ3n) is 3.88. The summed E-state index contributed by atoms with van der Waals surface area (Å²) in [7, 11) is 0. The molecule has 4 nitrogen and oxygen atoms in total. The van der Waals surface area contributed by atoms with Gasteiger partial charge in [0.1, 0.15) is 0 Å². The van der Waals surface area contributed by atoms with Gasteiger partial charge in [-0.15, -0.1) is 0 Å². The van der Waals surface area contributed by atoms with E-state index in [1.54, 1.807) is 6.20 Å². The van der Waals surface area contributed by atoms with Crippen molar-refractivity contribution in [1.82, 2.24) is 19.5 Å². The Kier molecular flexibility index (Phi) is 3.78. The lowest BCUT2D eigenvalue weighted by Crippen LogP contribution is -1.90. The van der Waals surface area contributed by atoms with Gasteiger partial charge >= 0.3 is 0 Å². The first-order chi connectivity index (χ1) is 11.9. The molecular formula is C20H16N4. The molecule has 4 heteroatoms. The second kappa shape index (κ2) is 6.38. The van der Waals surface area contributed by atoms with Crippen LogP contribution in [0.15, 0.2) is 91.8 Å². The third kappa shape index (κ3) is 2.77. The van der Waals surface area contributed by atoms with Gasteiger partial charge in [0.2, 0.25) is 0 Å². The maximum Gasteiger partial charge on any atom is 0.0559 e. The van der Waals surface area contributed by atoms with E-state index in [2.05, 4.69) is 43.9 Å². The van der Waals surface area contributed by atoms with Crippen molar-refractivity contribution in [2.24, 2.45) is 0 Å². The number of pyridine rings is 2. The van der Waals surface area contributed by atoms with Crippen molar-refractivity contribution in [3.8, 4) is 5.69 Å². The monoisotopic (exact) mass is 312 g/mol. The number of hydrogen-bond acceptors (Lipinski definition) is 2. The van der Waals surface area contributed by atoms with Crippen LogP contribution in [0.4, 0.5) is 0 Å². The Labute approximate surface area is 139 Å². The van der Waals surface area contributed by atoms with Gasteiger partial charge in [0.25, 0.3) is 0 Å². The van der Waals surface area contributed by atoms with Crippen molar-refractivity contribution in [2.75, 3.05) is 0 Å². The second-order valence-corrected chi connectivity index (χ2v) is 5.40. The summed E-state index contributed by atoms with van der Waals surface area (Å²) < 4.78 is 2.16. The number of benzene rings is 1. The molecule has 0 radical (unpaired) electrons. The Bertz CT molecular complexity index is 1030. The summed E-state index contributed by atoms with van der Waals surface area (Å²) in [5, 5.41) is 2.33. The van der Waals surface area contributed by atoms with Crippen molar-refractivity contribution in [2.45, 2.75) is 0 Å². The highest BCUT2D eigenvalue weighted by Crippen LogP contribution is 2.18. The van der Waals surface area contributed by atoms with Gasteiger partial charge in [-0.3, -0.25) is 9.97 Å². The van der Waals surface area contributed by atoms with Gasteiger partial charge in [-0.25, -0.2) is 0 Å². The number of H-pyrrole nitrogens is 1. The number of hydrogen-bond donors (Lipinski definition) is 1. The van der Waals surface area contributed by atoms with Crippen LogP contribution < -0.4 is 0 Å². The molecule has 0 spiro atoms. The predicted octanol–water partition coefficient (Wildman–Crippen LogP) is 4.59. The summed E-state index contributed by atoms with van der Waals surface area (Å²) in [4.78, 5) is 11.2. The van der Waals surface area contributed by atoms with Crippen molar-refractivity contribution < 1.29 is 0 Å². The molecule has 5 rings (SSSR count). The summed E-state index contributed by atoms with van der Waals surface area (Å²) in [6, 6.07) is 18.4. The predicted molar refractivity (Wildman–Crippen MR) is 97.2 cm³/mol. The molecule has 5 aromatic rings. The Morgan fingerprint density at radius 1 is 0.750 bits per heavy atom. The summed E-state index contributed by atoms with van der Waals surface area (Å²) in [6.07, 6.45) is 11.3. The van der Waals surface area contributed by atoms with Gasteiger partial charge in [0, 0.05) is 59.2 Å². The average molecular weight is 312 g/mol. The van der Waals surface area contributed by atoms with Gasteiger partial charge in [-0.05, 0) is 36.4 Å². The fourth-order valence-corrected chi connectivity index (χ4v) is 2.69. The third-order valence-corrected chi connectivity index (χ3v) is 3.88. The molecule has 116 valence electrons. The van der Waals surface area contributed by atoms with Crippen LogP contribution in [0.25, 0.3) is 27.5 Å². The van der Waals surface area contributed by atoms with Crippen molar-refractivity contribution >= 4 is 21.8 Å². The molecule has 0 aliphatic heterocycles. The lowest BCUT2D eigenvalue weighted by molar-refractivity contribution is 1.12. The second-order valence-electron chi connectivity index (χ2n) is 5.40. The largest absolute Gasteiger partial charge is 0.361 e. The van der Waals surface area contributed by atoms with Crippen molar-refractivity contribution in [3.05, 3.63) is 91.8 Å². The molecule has 0 saturated heterocycles. The molecular weight excluding hydrogens is 296 g/mol. The first-order valence-electron chi connectivity index (χ1n) is 7.75. The van der Waals surface area contributed by atoms with E-state index in [0.29, 0.717) is 0 Å². The number of rotatable bonds is 1. The molecule has 0 aliphatic rings. The first kappa shape index (κ1) is 14.2. The molecule has 4 heterocycles. The molecule has 0 bridgehead atoms. The van der Waals surface area contributed by atoms with Gasteiger partial charge in [-0.2, -0.15) is 0 Å². The van der Waals surface area contributed by atoms with E-state index in [0.717, 1.165) is 10.9 Å². The summed E-state index contributed by atoms with van der Waals surface area (Å²) >= 11 is 0. The van der Waals surface area contributed by atoms with E-state index in [9.17, 15) is 0 Å². The number of aromatic nitrogens is 4. The minimum atomic E-state index is 1.14. The average Bonchev–Trinajstić information content (AvgIpc) is 3.30. The zero-order valence-electron chi connectivity index (χ0n) is 13.0. The van der Waals surface area contributed by atoms with Crippen LogP contribution in [-0.4, -0.2) is 19.5 Å². The topological polar surface area (TPSA) is 46.5 Å². The van der Waals surface area contributed by atoms with E-state index >= 15 is 0 Å². The smallest absolute Gasteiger partial charge is 0.0559 e. The molecule has 1 N–H and O–H groups in total. The Morgan fingerprint density at radius 2 is 1.54 bits per heavy atom. The van der Waals surface area contributed by atoms with Gasteiger partial charge < -0.3 is 9.55 Å². The number of fused-ring (bicyclic) bond motifs is 2. The van der Waals surface area contributed by atoms with Gasteiger partial charge in [0.15, 0.2) is 0 Å². The molecule has 0 aliphatic carbocycles. The van der Waals surface area contributed by atoms with E-state index < -0.39 is 0 Å². The maximum atomic E-state index is 4.11. The molecule has 24 heavy (non-hydrogen) atoms. The summed E-state index contributed by atoms with van der Waals surface area (Å²) in [5.74, 6) is 0. The maximum absolute atomic E-state index is 4.11. The van der Waals surface area contributed by atoms with E-state index in [1.807, 2.05) is 61.2 Å².